The molecule has 1 aliphatic carbocycles. The number of benzene rings is 2. The zero-order valence-corrected chi connectivity index (χ0v) is 29.3. The van der Waals surface area contributed by atoms with Crippen molar-refractivity contribution >= 4 is 33.7 Å². The molecule has 1 aliphatic heterocycles. The number of hydrogen-bond acceptors (Lipinski definition) is 9. The van der Waals surface area contributed by atoms with Crippen molar-refractivity contribution in [3.05, 3.63) is 71.1 Å². The smallest absolute Gasteiger partial charge is 0.269 e. The van der Waals surface area contributed by atoms with E-state index in [1.54, 1.807) is 64.7 Å². The van der Waals surface area contributed by atoms with Crippen LogP contribution in [-0.2, 0) is 35.6 Å². The SMILES string of the molecule is CCCCC1=NC2(CCCC2)C(=O)N1Cc1ccc(-c2ccccc2S(=O)(=O)N(COCCOC)c2onc(C)c2C)c(/C=C/OC)c1. The van der Waals surface area contributed by atoms with Crippen LogP contribution in [-0.4, -0.2) is 69.9 Å². The van der Waals surface area contributed by atoms with Gasteiger partial charge in [-0.2, -0.15) is 0 Å². The summed E-state index contributed by atoms with van der Waals surface area (Å²) in [6.07, 6.45) is 9.72. The van der Waals surface area contributed by atoms with Crippen molar-refractivity contribution in [1.29, 1.82) is 0 Å². The molecule has 258 valence electrons. The molecule has 11 nitrogen and oxygen atoms in total. The quantitative estimate of drug-likeness (QED) is 0.0939. The number of methoxy groups -OCH3 is 2. The summed E-state index contributed by atoms with van der Waals surface area (Å²) in [7, 11) is -1.12. The summed E-state index contributed by atoms with van der Waals surface area (Å²) in [5.41, 5.74) is 3.37. The van der Waals surface area contributed by atoms with Crippen LogP contribution in [0.5, 0.6) is 0 Å². The molecular formula is C36H46N4O7S. The van der Waals surface area contributed by atoms with Gasteiger partial charge in [-0.25, -0.2) is 12.7 Å². The van der Waals surface area contributed by atoms with Crippen molar-refractivity contribution in [2.75, 3.05) is 38.5 Å². The second-order valence-electron chi connectivity index (χ2n) is 12.3. The lowest BCUT2D eigenvalue weighted by atomic mass is 9.96. The number of aromatic nitrogens is 1. The maximum absolute atomic E-state index is 14.5. The Kier molecular flexibility index (Phi) is 11.4. The van der Waals surface area contributed by atoms with Crippen LogP contribution < -0.4 is 4.31 Å². The van der Waals surface area contributed by atoms with E-state index in [2.05, 4.69) is 12.1 Å². The van der Waals surface area contributed by atoms with Gasteiger partial charge >= 0.3 is 0 Å². The minimum absolute atomic E-state index is 0.0699. The second-order valence-corrected chi connectivity index (χ2v) is 14.1. The first kappa shape index (κ1) is 35.3. The van der Waals surface area contributed by atoms with E-state index >= 15 is 0 Å². The molecule has 1 aromatic heterocycles. The Bertz CT molecular complexity index is 1760. The summed E-state index contributed by atoms with van der Waals surface area (Å²) < 4.78 is 51.7. The monoisotopic (exact) mass is 678 g/mol. The fourth-order valence-electron chi connectivity index (χ4n) is 6.31. The maximum atomic E-state index is 14.5. The normalized spacial score (nSPS) is 16.0. The van der Waals surface area contributed by atoms with Gasteiger partial charge < -0.3 is 18.7 Å². The Morgan fingerprint density at radius 2 is 1.83 bits per heavy atom. The van der Waals surface area contributed by atoms with Crippen LogP contribution in [0.15, 0.2) is 63.1 Å². The number of hydrogen-bond donors (Lipinski definition) is 0. The minimum atomic E-state index is -4.22. The third-order valence-electron chi connectivity index (χ3n) is 9.07. The molecule has 1 amide bonds. The summed E-state index contributed by atoms with van der Waals surface area (Å²) in [5.74, 6) is 1.04. The standard InChI is InChI=1S/C36H46N4O7S/c1-6-7-14-33-37-36(18-10-11-19-36)35(41)39(33)24-28-15-16-30(29(23-28)17-20-44-4)31-12-8-9-13-32(31)48(42,43)40(25-46-22-21-45-5)34-26(2)27(3)38-47-34/h8-9,12-13,15-17,20,23H,6-7,10-11,14,18-19,21-22,24-25H2,1-5H3/b20-17+. The molecule has 0 atom stereocenters. The van der Waals surface area contributed by atoms with E-state index in [1.807, 2.05) is 23.1 Å². The third-order valence-corrected chi connectivity index (χ3v) is 10.8. The summed E-state index contributed by atoms with van der Waals surface area (Å²) >= 11 is 0. The molecule has 0 bridgehead atoms. The average Bonchev–Trinajstić information content (AvgIpc) is 3.77. The molecule has 2 aromatic carbocycles. The van der Waals surface area contributed by atoms with Crippen LogP contribution in [0.1, 0.15) is 74.3 Å². The van der Waals surface area contributed by atoms with E-state index in [-0.39, 0.29) is 30.0 Å². The van der Waals surface area contributed by atoms with Crippen molar-refractivity contribution in [2.24, 2.45) is 4.99 Å². The van der Waals surface area contributed by atoms with Gasteiger partial charge in [-0.1, -0.05) is 61.7 Å². The van der Waals surface area contributed by atoms with Crippen LogP contribution in [0.2, 0.25) is 0 Å². The van der Waals surface area contributed by atoms with E-state index in [4.69, 9.17) is 23.7 Å². The first-order chi connectivity index (χ1) is 23.2. The topological polar surface area (TPSA) is 124 Å². The lowest BCUT2D eigenvalue weighted by Crippen LogP contribution is -2.40. The van der Waals surface area contributed by atoms with Crippen molar-refractivity contribution in [2.45, 2.75) is 82.7 Å². The molecule has 2 aliphatic rings. The van der Waals surface area contributed by atoms with Crippen LogP contribution >= 0.6 is 0 Å². The number of amides is 1. The summed E-state index contributed by atoms with van der Waals surface area (Å²) in [5, 5.41) is 4.00. The van der Waals surface area contributed by atoms with Crippen molar-refractivity contribution in [3.63, 3.8) is 0 Å². The molecule has 3 aromatic rings. The number of carbonyl (C=O) groups excluding carboxylic acids is 1. The number of rotatable bonds is 16. The van der Waals surface area contributed by atoms with Crippen LogP contribution in [0.4, 0.5) is 5.88 Å². The van der Waals surface area contributed by atoms with Gasteiger partial charge in [-0.3, -0.25) is 14.7 Å². The van der Waals surface area contributed by atoms with Crippen molar-refractivity contribution in [1.82, 2.24) is 10.1 Å². The fraction of sp³-hybridized carbons (Fsp3) is 0.472. The van der Waals surface area contributed by atoms with Gasteiger partial charge in [0.25, 0.3) is 15.9 Å². The number of unbranched alkanes of at least 4 members (excludes halogenated alkanes) is 1. The van der Waals surface area contributed by atoms with E-state index in [1.165, 1.54) is 0 Å². The highest BCUT2D eigenvalue weighted by molar-refractivity contribution is 7.93. The van der Waals surface area contributed by atoms with Gasteiger partial charge in [0, 0.05) is 24.7 Å². The Labute approximate surface area is 283 Å². The van der Waals surface area contributed by atoms with Gasteiger partial charge in [0.05, 0.1) is 43.7 Å². The third kappa shape index (κ3) is 7.20. The molecule has 5 rings (SSSR count). The highest BCUT2D eigenvalue weighted by atomic mass is 32.2. The molecule has 0 unspecified atom stereocenters. The highest BCUT2D eigenvalue weighted by Crippen LogP contribution is 2.41. The maximum Gasteiger partial charge on any atom is 0.269 e. The van der Waals surface area contributed by atoms with E-state index < -0.39 is 15.6 Å². The molecule has 0 saturated heterocycles. The zero-order chi connectivity index (χ0) is 34.3. The molecular weight excluding hydrogens is 632 g/mol. The molecule has 1 saturated carbocycles. The van der Waals surface area contributed by atoms with Crippen molar-refractivity contribution in [3.8, 4) is 11.1 Å². The van der Waals surface area contributed by atoms with Crippen LogP contribution in [0.3, 0.4) is 0 Å². The lowest BCUT2D eigenvalue weighted by molar-refractivity contribution is -0.131. The van der Waals surface area contributed by atoms with Gasteiger partial charge in [0.15, 0.2) is 0 Å². The fourth-order valence-corrected chi connectivity index (χ4v) is 7.86. The van der Waals surface area contributed by atoms with Crippen LogP contribution in [0.25, 0.3) is 17.2 Å². The molecule has 2 heterocycles. The van der Waals surface area contributed by atoms with E-state index in [0.29, 0.717) is 35.5 Å². The number of nitrogens with zero attached hydrogens (tertiary/aromatic N) is 4. The predicted octanol–water partition coefficient (Wildman–Crippen LogP) is 6.64. The van der Waals surface area contributed by atoms with E-state index in [9.17, 15) is 13.2 Å². The van der Waals surface area contributed by atoms with Gasteiger partial charge in [-0.15, -0.1) is 0 Å². The predicted molar refractivity (Wildman–Crippen MR) is 185 cm³/mol. The molecule has 12 heteroatoms. The molecule has 48 heavy (non-hydrogen) atoms. The zero-order valence-electron chi connectivity index (χ0n) is 28.5. The van der Waals surface area contributed by atoms with Crippen LogP contribution in [0, 0.1) is 13.8 Å². The largest absolute Gasteiger partial charge is 0.504 e. The number of amidine groups is 1. The number of aryl methyl sites for hydroxylation is 1. The Morgan fingerprint density at radius 1 is 1.06 bits per heavy atom. The van der Waals surface area contributed by atoms with Crippen molar-refractivity contribution < 1.29 is 31.9 Å². The highest BCUT2D eigenvalue weighted by Gasteiger charge is 2.49. The van der Waals surface area contributed by atoms with Gasteiger partial charge in [-0.05, 0) is 68.0 Å². The summed E-state index contributed by atoms with van der Waals surface area (Å²) in [4.78, 5) is 20.8. The first-order valence-corrected chi connectivity index (χ1v) is 18.0. The first-order valence-electron chi connectivity index (χ1n) is 16.5. The molecule has 1 fully saturated rings. The Hall–Kier alpha value is -4.00. The van der Waals surface area contributed by atoms with Gasteiger partial charge in [0.1, 0.15) is 18.1 Å². The Balaban J connectivity index is 1.53. The lowest BCUT2D eigenvalue weighted by Gasteiger charge is -2.24. The van der Waals surface area contributed by atoms with Gasteiger partial charge in [0.2, 0.25) is 5.88 Å². The minimum Gasteiger partial charge on any atom is -0.504 e. The second kappa shape index (κ2) is 15.5. The number of ether oxygens (including phenoxy) is 3. The van der Waals surface area contributed by atoms with E-state index in [0.717, 1.165) is 66.2 Å². The Morgan fingerprint density at radius 3 is 2.52 bits per heavy atom. The number of carbonyl (C=O) groups is 1. The average molecular weight is 679 g/mol. The molecule has 0 N–H and O–H groups in total. The molecule has 0 radical (unpaired) electrons. The summed E-state index contributed by atoms with van der Waals surface area (Å²) in [6, 6.07) is 12.7. The number of aliphatic imine (C=N–C) groups is 1. The number of sulfonamides is 1. The number of anilines is 1. The molecule has 1 spiro atoms. The summed E-state index contributed by atoms with van der Waals surface area (Å²) in [6.45, 7) is 6.23.